The van der Waals surface area contributed by atoms with Gasteiger partial charge in [0.25, 0.3) is 6.29 Å². The quantitative estimate of drug-likeness (QED) is 0.0211. The summed E-state index contributed by atoms with van der Waals surface area (Å²) in [5.41, 5.74) is 0. The summed E-state index contributed by atoms with van der Waals surface area (Å²) in [5.74, 6) is -1.96. The summed E-state index contributed by atoms with van der Waals surface area (Å²) in [6, 6.07) is 0. The summed E-state index contributed by atoms with van der Waals surface area (Å²) in [7, 11) is 6.01. The van der Waals surface area contributed by atoms with Gasteiger partial charge in [0.1, 0.15) is 13.2 Å². The number of likely N-dealkylation sites (N-methyl/N-ethyl adjacent to an activating group) is 1. The van der Waals surface area contributed by atoms with Crippen molar-refractivity contribution < 1.29 is 42.9 Å². The van der Waals surface area contributed by atoms with E-state index in [1.54, 1.807) is 0 Å². The molecule has 0 aromatic carbocycles. The SMILES string of the molecule is CCCCCCC/C=C\C/C=C\CCCCCCCCCCCCCCCCCCCCCCCC(=O)OC(COC(=O)CCCCCCCCCCCCCCCCCCCCCCCCCCCCCCCCCCCCCCCCCCC)COC(OCC[N+](C)(C)C)C(=O)O. The van der Waals surface area contributed by atoms with Gasteiger partial charge in [-0.3, -0.25) is 9.59 Å². The molecule has 0 spiro atoms. The molecule has 0 aromatic rings. The van der Waals surface area contributed by atoms with Gasteiger partial charge >= 0.3 is 17.9 Å². The summed E-state index contributed by atoms with van der Waals surface area (Å²) < 4.78 is 23.1. The van der Waals surface area contributed by atoms with Crippen molar-refractivity contribution in [1.29, 1.82) is 0 Å². The fourth-order valence-corrected chi connectivity index (χ4v) is 13.9. The predicted octanol–water partition coefficient (Wildman–Crippen LogP) is 28.8. The second-order valence-corrected chi connectivity index (χ2v) is 31.9. The van der Waals surface area contributed by atoms with Crippen molar-refractivity contribution >= 4 is 17.9 Å². The van der Waals surface area contributed by atoms with E-state index >= 15 is 0 Å². The molecule has 0 radical (unpaired) electrons. The summed E-state index contributed by atoms with van der Waals surface area (Å²) >= 11 is 0. The topological polar surface area (TPSA) is 108 Å². The number of unbranched alkanes of at least 4 members (excludes halogenated alkanes) is 66. The molecular weight excluding hydrogens is 1220 g/mol. The lowest BCUT2D eigenvalue weighted by Gasteiger charge is -2.25. The minimum atomic E-state index is -1.51. The molecule has 0 rings (SSSR count). The first-order valence-corrected chi connectivity index (χ1v) is 44.5. The molecule has 0 amide bonds. The van der Waals surface area contributed by atoms with E-state index in [1.807, 2.05) is 21.1 Å². The van der Waals surface area contributed by atoms with E-state index in [0.717, 1.165) is 44.9 Å². The van der Waals surface area contributed by atoms with Crippen molar-refractivity contribution in [2.24, 2.45) is 0 Å². The molecule has 99 heavy (non-hydrogen) atoms. The Labute approximate surface area is 618 Å². The average molecular weight is 1400 g/mol. The number of carbonyl (C=O) groups excluding carboxylic acids is 2. The van der Waals surface area contributed by atoms with Gasteiger partial charge in [-0.05, 0) is 44.9 Å². The molecule has 0 heterocycles. The van der Waals surface area contributed by atoms with Gasteiger partial charge < -0.3 is 28.5 Å². The van der Waals surface area contributed by atoms with Crippen LogP contribution in [-0.2, 0) is 33.3 Å². The number of hydrogen-bond donors (Lipinski definition) is 1. The Morgan fingerprint density at radius 1 is 0.303 bits per heavy atom. The van der Waals surface area contributed by atoms with Crippen molar-refractivity contribution in [2.75, 3.05) is 47.5 Å². The highest BCUT2D eigenvalue weighted by Crippen LogP contribution is 2.21. The normalized spacial score (nSPS) is 12.6. The molecule has 2 unspecified atom stereocenters. The molecule has 0 fully saturated rings. The highest BCUT2D eigenvalue weighted by molar-refractivity contribution is 5.71. The summed E-state index contributed by atoms with van der Waals surface area (Å²) in [4.78, 5) is 37.8. The maximum Gasteiger partial charge on any atom is 0.361 e. The van der Waals surface area contributed by atoms with Gasteiger partial charge in [-0.15, -0.1) is 0 Å². The Morgan fingerprint density at radius 3 is 0.798 bits per heavy atom. The van der Waals surface area contributed by atoms with Crippen LogP contribution in [0, 0.1) is 0 Å². The van der Waals surface area contributed by atoms with Crippen LogP contribution >= 0.6 is 0 Å². The number of carboxylic acids is 1. The third kappa shape index (κ3) is 82.9. The van der Waals surface area contributed by atoms with Crippen LogP contribution < -0.4 is 0 Å². The smallest absolute Gasteiger partial charge is 0.361 e. The zero-order chi connectivity index (χ0) is 71.8. The van der Waals surface area contributed by atoms with Crippen LogP contribution in [0.4, 0.5) is 0 Å². The van der Waals surface area contributed by atoms with Crippen LogP contribution in [0.3, 0.4) is 0 Å². The largest absolute Gasteiger partial charge is 0.477 e. The summed E-state index contributed by atoms with van der Waals surface area (Å²) in [5, 5.41) is 9.79. The van der Waals surface area contributed by atoms with Gasteiger partial charge in [0.15, 0.2) is 6.10 Å². The molecule has 0 aliphatic carbocycles. The van der Waals surface area contributed by atoms with E-state index in [2.05, 4.69) is 38.2 Å². The molecule has 0 saturated heterocycles. The number of rotatable bonds is 85. The zero-order valence-electron chi connectivity index (χ0n) is 67.5. The second-order valence-electron chi connectivity index (χ2n) is 31.9. The van der Waals surface area contributed by atoms with Crippen LogP contribution in [0.25, 0.3) is 0 Å². The van der Waals surface area contributed by atoms with E-state index < -0.39 is 18.4 Å². The number of allylic oxidation sites excluding steroid dienone is 4. The molecule has 586 valence electrons. The highest BCUT2D eigenvalue weighted by atomic mass is 16.7. The van der Waals surface area contributed by atoms with Gasteiger partial charge in [0.2, 0.25) is 0 Å². The average Bonchev–Trinajstić information content (AvgIpc) is 1.57. The van der Waals surface area contributed by atoms with Crippen molar-refractivity contribution in [3.05, 3.63) is 24.3 Å². The number of quaternary nitrogens is 1. The number of esters is 2. The van der Waals surface area contributed by atoms with Gasteiger partial charge in [0.05, 0.1) is 34.4 Å². The van der Waals surface area contributed by atoms with Crippen molar-refractivity contribution in [3.8, 4) is 0 Å². The summed E-state index contributed by atoms with van der Waals surface area (Å²) in [6.45, 7) is 4.97. The van der Waals surface area contributed by atoms with Crippen LogP contribution in [0.2, 0.25) is 0 Å². The minimum Gasteiger partial charge on any atom is -0.477 e. The van der Waals surface area contributed by atoms with Gasteiger partial charge in [-0.2, -0.15) is 0 Å². The Kier molecular flexibility index (Phi) is 79.6. The van der Waals surface area contributed by atoms with E-state index in [-0.39, 0.29) is 38.2 Å². The molecule has 0 aliphatic rings. The van der Waals surface area contributed by atoms with Gasteiger partial charge in [0, 0.05) is 12.8 Å². The molecule has 9 heteroatoms. The van der Waals surface area contributed by atoms with E-state index in [4.69, 9.17) is 18.9 Å². The third-order valence-corrected chi connectivity index (χ3v) is 20.7. The zero-order valence-corrected chi connectivity index (χ0v) is 67.5. The lowest BCUT2D eigenvalue weighted by molar-refractivity contribution is -0.870. The molecule has 9 nitrogen and oxygen atoms in total. The third-order valence-electron chi connectivity index (χ3n) is 20.7. The molecule has 1 N–H and O–H groups in total. The molecule has 0 saturated carbocycles. The number of carboxylic acid groups (broad SMARTS) is 1. The van der Waals surface area contributed by atoms with Crippen LogP contribution in [0.5, 0.6) is 0 Å². The fraction of sp³-hybridized carbons (Fsp3) is 0.922. The van der Waals surface area contributed by atoms with Crippen LogP contribution in [0.1, 0.15) is 476 Å². The van der Waals surface area contributed by atoms with Gasteiger partial charge in [-0.25, -0.2) is 4.79 Å². The van der Waals surface area contributed by atoms with E-state index in [9.17, 15) is 19.5 Å². The Balaban J connectivity index is 3.88. The van der Waals surface area contributed by atoms with E-state index in [0.29, 0.717) is 17.4 Å². The second kappa shape index (κ2) is 81.4. The first-order valence-electron chi connectivity index (χ1n) is 44.5. The maximum atomic E-state index is 13.0. The number of hydrogen-bond acceptors (Lipinski definition) is 7. The molecule has 0 aliphatic heterocycles. The molecule has 0 aromatic heterocycles. The Bertz CT molecular complexity index is 1680. The molecular formula is C90H174NO8+. The lowest BCUT2D eigenvalue weighted by Crippen LogP contribution is -2.40. The molecule has 2 atom stereocenters. The van der Waals surface area contributed by atoms with E-state index in [1.165, 1.54) is 405 Å². The predicted molar refractivity (Wildman–Crippen MR) is 429 cm³/mol. The highest BCUT2D eigenvalue weighted by Gasteiger charge is 2.25. The van der Waals surface area contributed by atoms with Crippen molar-refractivity contribution in [1.82, 2.24) is 0 Å². The van der Waals surface area contributed by atoms with Crippen molar-refractivity contribution in [3.63, 3.8) is 0 Å². The minimum absolute atomic E-state index is 0.174. The number of carbonyl (C=O) groups is 3. The first-order chi connectivity index (χ1) is 48.6. The number of aliphatic carboxylic acids is 1. The Morgan fingerprint density at radius 2 is 0.545 bits per heavy atom. The van der Waals surface area contributed by atoms with Crippen LogP contribution in [-0.4, -0.2) is 87.4 Å². The summed E-state index contributed by atoms with van der Waals surface area (Å²) in [6.07, 6.45) is 102. The van der Waals surface area contributed by atoms with Crippen LogP contribution in [0.15, 0.2) is 24.3 Å². The van der Waals surface area contributed by atoms with Crippen molar-refractivity contribution in [2.45, 2.75) is 489 Å². The molecule has 0 bridgehead atoms. The maximum absolute atomic E-state index is 13.0. The standard InChI is InChI=1S/C90H173NO8/c1-6-8-10-12-14-16-18-20-22-24-26-28-30-32-34-36-38-40-41-42-43-44-45-46-47-49-50-52-54-56-58-60-62-64-66-68-70-72-74-76-78-80-87(92)97-84-86(85-98-90(89(94)95)96-83-82-91(3,4)5)99-88(93)81-79-77-75-73-71-69-67-65-63-61-59-57-55-53-51-48-39-37-35-33-31-29-27-25-23-21-19-17-15-13-11-9-7-2/h19,21,25,27,86,90H,6-18,20,22-24,26,28-85H2,1-5H3/p+1/b21-19-,27-25-. The fourth-order valence-electron chi connectivity index (χ4n) is 13.9. The lowest BCUT2D eigenvalue weighted by atomic mass is 10.0. The number of ether oxygens (including phenoxy) is 4. The monoisotopic (exact) mass is 1400 g/mol. The first kappa shape index (κ1) is 96.8. The number of nitrogens with zero attached hydrogens (tertiary/aromatic N) is 1. The Hall–Kier alpha value is -2.23. The van der Waals surface area contributed by atoms with Gasteiger partial charge in [-0.1, -0.05) is 443 Å².